The number of pyridine rings is 1. The number of hydrogen-bond acceptors (Lipinski definition) is 6. The molecule has 2 unspecified atom stereocenters. The Morgan fingerprint density at radius 2 is 2.04 bits per heavy atom. The fourth-order valence-corrected chi connectivity index (χ4v) is 3.38. The van der Waals surface area contributed by atoms with E-state index in [2.05, 4.69) is 41.2 Å². The van der Waals surface area contributed by atoms with Gasteiger partial charge in [0.2, 0.25) is 0 Å². The first-order valence-corrected chi connectivity index (χ1v) is 8.75. The molecule has 0 spiro atoms. The van der Waals surface area contributed by atoms with Crippen molar-refractivity contribution in [2.75, 3.05) is 18.4 Å². The number of ether oxygens (including phenoxy) is 1. The number of nitrogens with one attached hydrogen (secondary N) is 1. The molecule has 7 nitrogen and oxygen atoms in total. The molecule has 1 aliphatic heterocycles. The monoisotopic (exact) mass is 356 g/mol. The summed E-state index contributed by atoms with van der Waals surface area (Å²) in [5, 5.41) is 14.1. The van der Waals surface area contributed by atoms with Gasteiger partial charge in [-0.1, -0.05) is 12.1 Å². The number of anilines is 2. The third-order valence-corrected chi connectivity index (χ3v) is 4.38. The molecule has 1 saturated heterocycles. The summed E-state index contributed by atoms with van der Waals surface area (Å²) < 4.78 is 5.78. The summed E-state index contributed by atoms with van der Waals surface area (Å²) in [5.74, 6) is 0.596. The summed E-state index contributed by atoms with van der Waals surface area (Å²) >= 11 is 0. The zero-order chi connectivity index (χ0) is 18.7. The Morgan fingerprint density at radius 1 is 1.31 bits per heavy atom. The van der Waals surface area contributed by atoms with E-state index < -0.39 is 4.92 Å². The van der Waals surface area contributed by atoms with Crippen molar-refractivity contribution in [2.24, 2.45) is 0 Å². The van der Waals surface area contributed by atoms with Crippen LogP contribution in [0.15, 0.2) is 36.5 Å². The van der Waals surface area contributed by atoms with Gasteiger partial charge in [0.25, 0.3) is 5.69 Å². The van der Waals surface area contributed by atoms with E-state index in [1.807, 2.05) is 12.1 Å². The molecule has 0 saturated carbocycles. The van der Waals surface area contributed by atoms with Crippen LogP contribution in [0.3, 0.4) is 0 Å². The topological polar surface area (TPSA) is 80.5 Å². The quantitative estimate of drug-likeness (QED) is 0.650. The van der Waals surface area contributed by atoms with E-state index in [4.69, 9.17) is 4.74 Å². The van der Waals surface area contributed by atoms with Gasteiger partial charge in [0.05, 0.1) is 17.1 Å². The fourth-order valence-electron chi connectivity index (χ4n) is 3.38. The molecule has 1 fully saturated rings. The first-order chi connectivity index (χ1) is 12.4. The Balaban J connectivity index is 1.69. The first kappa shape index (κ1) is 18.3. The van der Waals surface area contributed by atoms with Crippen molar-refractivity contribution in [3.05, 3.63) is 57.8 Å². The van der Waals surface area contributed by atoms with Crippen LogP contribution in [0.25, 0.3) is 0 Å². The van der Waals surface area contributed by atoms with E-state index in [-0.39, 0.29) is 17.9 Å². The number of benzene rings is 1. The van der Waals surface area contributed by atoms with Crippen LogP contribution in [0.4, 0.5) is 17.2 Å². The van der Waals surface area contributed by atoms with Crippen molar-refractivity contribution in [1.82, 2.24) is 9.88 Å². The Morgan fingerprint density at radius 3 is 2.69 bits per heavy atom. The van der Waals surface area contributed by atoms with Gasteiger partial charge in [0.1, 0.15) is 12.0 Å². The summed E-state index contributed by atoms with van der Waals surface area (Å²) in [4.78, 5) is 17.0. The SMILES string of the molecule is Cc1cc(Nc2cccc(CN3CC(C)OC(C)C3)c2)ncc1[N+](=O)[O-]. The minimum atomic E-state index is -0.420. The van der Waals surface area contributed by atoms with Crippen LogP contribution in [0.5, 0.6) is 0 Å². The molecule has 0 bridgehead atoms. The molecule has 1 aromatic carbocycles. The Hall–Kier alpha value is -2.51. The van der Waals surface area contributed by atoms with E-state index in [9.17, 15) is 10.1 Å². The zero-order valence-corrected chi connectivity index (χ0v) is 15.3. The van der Waals surface area contributed by atoms with Crippen molar-refractivity contribution in [3.8, 4) is 0 Å². The molecule has 2 heterocycles. The van der Waals surface area contributed by atoms with Crippen molar-refractivity contribution >= 4 is 17.2 Å². The minimum absolute atomic E-state index is 0.0276. The number of aromatic nitrogens is 1. The standard InChI is InChI=1S/C19H24N4O3/c1-13-7-19(20-9-18(13)23(24)25)21-17-6-4-5-16(8-17)12-22-10-14(2)26-15(3)11-22/h4-9,14-15H,10-12H2,1-3H3,(H,20,21). The van der Waals surface area contributed by atoms with E-state index >= 15 is 0 Å². The molecule has 0 aliphatic carbocycles. The second-order valence-corrected chi connectivity index (χ2v) is 6.89. The maximum Gasteiger partial charge on any atom is 0.290 e. The smallest absolute Gasteiger partial charge is 0.290 e. The minimum Gasteiger partial charge on any atom is -0.373 e. The lowest BCUT2D eigenvalue weighted by Gasteiger charge is -2.35. The molecule has 2 aromatic rings. The predicted molar refractivity (Wildman–Crippen MR) is 101 cm³/mol. The molecule has 1 aliphatic rings. The van der Waals surface area contributed by atoms with Crippen molar-refractivity contribution < 1.29 is 9.66 Å². The molecule has 7 heteroatoms. The number of aryl methyl sites for hydroxylation is 1. The van der Waals surface area contributed by atoms with Gasteiger partial charge in [0, 0.05) is 30.9 Å². The number of nitro groups is 1. The van der Waals surface area contributed by atoms with Crippen molar-refractivity contribution in [2.45, 2.75) is 39.5 Å². The second-order valence-electron chi connectivity index (χ2n) is 6.89. The number of morpholine rings is 1. The molecule has 138 valence electrons. The zero-order valence-electron chi connectivity index (χ0n) is 15.3. The maximum atomic E-state index is 10.9. The highest BCUT2D eigenvalue weighted by Crippen LogP contribution is 2.23. The highest BCUT2D eigenvalue weighted by atomic mass is 16.6. The van der Waals surface area contributed by atoms with Gasteiger partial charge in [-0.05, 0) is 44.5 Å². The van der Waals surface area contributed by atoms with Gasteiger partial charge in [-0.2, -0.15) is 0 Å². The average Bonchev–Trinajstić information content (AvgIpc) is 2.54. The van der Waals surface area contributed by atoms with Crippen molar-refractivity contribution in [3.63, 3.8) is 0 Å². The summed E-state index contributed by atoms with van der Waals surface area (Å²) in [6, 6.07) is 9.85. The Labute approximate surface area is 153 Å². The summed E-state index contributed by atoms with van der Waals surface area (Å²) in [5.41, 5.74) is 2.73. The van der Waals surface area contributed by atoms with Crippen LogP contribution >= 0.6 is 0 Å². The summed E-state index contributed by atoms with van der Waals surface area (Å²) in [6.07, 6.45) is 1.78. The van der Waals surface area contributed by atoms with Crippen LogP contribution in [-0.4, -0.2) is 40.1 Å². The average molecular weight is 356 g/mol. The lowest BCUT2D eigenvalue weighted by molar-refractivity contribution is -0.385. The van der Waals surface area contributed by atoms with Crippen LogP contribution in [0, 0.1) is 17.0 Å². The number of hydrogen-bond donors (Lipinski definition) is 1. The predicted octanol–water partition coefficient (Wildman–Crippen LogP) is 3.65. The summed E-state index contributed by atoms with van der Waals surface area (Å²) in [7, 11) is 0. The van der Waals surface area contributed by atoms with Crippen molar-refractivity contribution in [1.29, 1.82) is 0 Å². The molecular formula is C19H24N4O3. The van der Waals surface area contributed by atoms with Crippen LogP contribution < -0.4 is 5.32 Å². The van der Waals surface area contributed by atoms with Crippen LogP contribution in [0.2, 0.25) is 0 Å². The molecule has 3 rings (SSSR count). The van der Waals surface area contributed by atoms with E-state index in [1.54, 1.807) is 13.0 Å². The van der Waals surface area contributed by atoms with Gasteiger partial charge in [-0.15, -0.1) is 0 Å². The third kappa shape index (κ3) is 4.56. The molecule has 2 atom stereocenters. The fraction of sp³-hybridized carbons (Fsp3) is 0.421. The second kappa shape index (κ2) is 7.80. The Kier molecular flexibility index (Phi) is 5.49. The normalized spacial score (nSPS) is 20.7. The lowest BCUT2D eigenvalue weighted by atomic mass is 10.1. The van der Waals surface area contributed by atoms with E-state index in [0.717, 1.165) is 25.3 Å². The number of nitrogens with zero attached hydrogens (tertiary/aromatic N) is 3. The summed E-state index contributed by atoms with van der Waals surface area (Å²) in [6.45, 7) is 8.62. The van der Waals surface area contributed by atoms with Gasteiger partial charge in [0.15, 0.2) is 0 Å². The Bertz CT molecular complexity index is 786. The molecule has 1 N–H and O–H groups in total. The van der Waals surface area contributed by atoms with Gasteiger partial charge < -0.3 is 10.1 Å². The van der Waals surface area contributed by atoms with Gasteiger partial charge >= 0.3 is 0 Å². The molecular weight excluding hydrogens is 332 g/mol. The van der Waals surface area contributed by atoms with Crippen LogP contribution in [0.1, 0.15) is 25.0 Å². The van der Waals surface area contributed by atoms with E-state index in [0.29, 0.717) is 11.4 Å². The largest absolute Gasteiger partial charge is 0.373 e. The molecule has 1 aromatic heterocycles. The first-order valence-electron chi connectivity index (χ1n) is 8.75. The van der Waals surface area contributed by atoms with Gasteiger partial charge in [-0.25, -0.2) is 4.98 Å². The third-order valence-electron chi connectivity index (χ3n) is 4.38. The molecule has 0 amide bonds. The highest BCUT2D eigenvalue weighted by Gasteiger charge is 2.22. The lowest BCUT2D eigenvalue weighted by Crippen LogP contribution is -2.44. The van der Waals surface area contributed by atoms with E-state index in [1.165, 1.54) is 11.8 Å². The van der Waals surface area contributed by atoms with Gasteiger partial charge in [-0.3, -0.25) is 15.0 Å². The maximum absolute atomic E-state index is 10.9. The number of rotatable bonds is 5. The highest BCUT2D eigenvalue weighted by molar-refractivity contribution is 5.59. The molecule has 0 radical (unpaired) electrons. The van der Waals surface area contributed by atoms with Crippen LogP contribution in [-0.2, 0) is 11.3 Å². The molecule has 26 heavy (non-hydrogen) atoms.